The highest BCUT2D eigenvalue weighted by atomic mass is 16.5. The van der Waals surface area contributed by atoms with Gasteiger partial charge < -0.3 is 4.74 Å². The van der Waals surface area contributed by atoms with Gasteiger partial charge in [0.05, 0.1) is 0 Å². The lowest BCUT2D eigenvalue weighted by Crippen LogP contribution is -2.26. The summed E-state index contributed by atoms with van der Waals surface area (Å²) in [6.45, 7) is 11.5. The number of Topliss-reactive ketones (excluding diaryl/α,β-unsaturated/α-hetero) is 1. The molecule has 2 nitrogen and oxygen atoms in total. The number of carbonyl (C=O) groups is 1. The summed E-state index contributed by atoms with van der Waals surface area (Å²) < 4.78 is 5.64. The molecule has 0 aliphatic carbocycles. The second-order valence-electron chi connectivity index (χ2n) is 6.58. The minimum absolute atomic E-state index is 0.161. The summed E-state index contributed by atoms with van der Waals surface area (Å²) in [5, 5.41) is 0. The minimum Gasteiger partial charge on any atom is -0.370 e. The Labute approximate surface area is 122 Å². The molecule has 0 spiro atoms. The highest BCUT2D eigenvalue weighted by Gasteiger charge is 2.32. The van der Waals surface area contributed by atoms with E-state index in [1.807, 2.05) is 6.07 Å². The van der Waals surface area contributed by atoms with Gasteiger partial charge in [0.25, 0.3) is 0 Å². The van der Waals surface area contributed by atoms with Gasteiger partial charge >= 0.3 is 0 Å². The van der Waals surface area contributed by atoms with Gasteiger partial charge in [-0.3, -0.25) is 4.79 Å². The average Bonchev–Trinajstić information content (AvgIpc) is 2.83. The molecular weight excluding hydrogens is 248 g/mol. The predicted molar refractivity (Wildman–Crippen MR) is 82.5 cm³/mol. The molecule has 1 heterocycles. The van der Waals surface area contributed by atoms with E-state index in [0.717, 1.165) is 17.5 Å². The number of hydrogen-bond acceptors (Lipinski definition) is 2. The van der Waals surface area contributed by atoms with Gasteiger partial charge in [-0.2, -0.15) is 0 Å². The van der Waals surface area contributed by atoms with E-state index in [0.29, 0.717) is 24.4 Å². The maximum Gasteiger partial charge on any atom is 0.192 e. The lowest BCUT2D eigenvalue weighted by atomic mass is 9.87. The van der Waals surface area contributed by atoms with E-state index in [4.69, 9.17) is 4.74 Å². The molecule has 2 rings (SSSR count). The van der Waals surface area contributed by atoms with Crippen LogP contribution in [0.25, 0.3) is 0 Å². The Hall–Kier alpha value is -1.15. The van der Waals surface area contributed by atoms with Gasteiger partial charge in [0.2, 0.25) is 0 Å². The Balaban J connectivity index is 2.37. The predicted octanol–water partition coefficient (Wildman–Crippen LogP) is 4.54. The molecule has 110 valence electrons. The van der Waals surface area contributed by atoms with Crippen molar-refractivity contribution in [1.82, 2.24) is 0 Å². The van der Waals surface area contributed by atoms with E-state index < -0.39 is 0 Å². The molecule has 2 unspecified atom stereocenters. The van der Waals surface area contributed by atoms with Crippen LogP contribution in [0.3, 0.4) is 0 Å². The molecule has 2 atom stereocenters. The normalized spacial score (nSPS) is 22.8. The number of benzene rings is 1. The first kappa shape index (κ1) is 15.2. The molecule has 1 aliphatic heterocycles. The zero-order valence-corrected chi connectivity index (χ0v) is 13.3. The maximum absolute atomic E-state index is 12.7. The van der Waals surface area contributed by atoms with Crippen LogP contribution in [0.1, 0.15) is 74.4 Å². The second kappa shape index (κ2) is 6.09. The summed E-state index contributed by atoms with van der Waals surface area (Å²) in [4.78, 5) is 12.7. The van der Waals surface area contributed by atoms with E-state index >= 15 is 0 Å². The third kappa shape index (κ3) is 2.95. The molecule has 20 heavy (non-hydrogen) atoms. The first-order valence-electron chi connectivity index (χ1n) is 7.71. The number of rotatable bonds is 4. The van der Waals surface area contributed by atoms with Crippen molar-refractivity contribution in [2.45, 2.75) is 59.0 Å². The highest BCUT2D eigenvalue weighted by Crippen LogP contribution is 2.29. The van der Waals surface area contributed by atoms with Gasteiger partial charge in [-0.15, -0.1) is 0 Å². The van der Waals surface area contributed by atoms with E-state index in [9.17, 15) is 4.79 Å². The van der Waals surface area contributed by atoms with Crippen molar-refractivity contribution in [3.63, 3.8) is 0 Å². The fraction of sp³-hybridized carbons (Fsp3) is 0.611. The van der Waals surface area contributed by atoms with Crippen molar-refractivity contribution in [1.29, 1.82) is 0 Å². The lowest BCUT2D eigenvalue weighted by molar-refractivity contribution is 0.0578. The smallest absolute Gasteiger partial charge is 0.192 e. The molecule has 1 fully saturated rings. The summed E-state index contributed by atoms with van der Waals surface area (Å²) in [6.07, 6.45) is 0.731. The monoisotopic (exact) mass is 274 g/mol. The van der Waals surface area contributed by atoms with Crippen LogP contribution in [0.4, 0.5) is 0 Å². The number of ether oxygens (including phenoxy) is 1. The average molecular weight is 274 g/mol. The quantitative estimate of drug-likeness (QED) is 0.753. The third-order valence-corrected chi connectivity index (χ3v) is 4.28. The summed E-state index contributed by atoms with van der Waals surface area (Å²) in [5.74, 6) is 1.32. The molecule has 1 aliphatic rings. The second-order valence-corrected chi connectivity index (χ2v) is 6.58. The zero-order valence-electron chi connectivity index (χ0n) is 13.3. The molecule has 0 saturated carbocycles. The topological polar surface area (TPSA) is 26.3 Å². The molecule has 1 aromatic rings. The molecular formula is C18H26O2. The van der Waals surface area contributed by atoms with Crippen LogP contribution in [0, 0.1) is 5.92 Å². The fourth-order valence-corrected chi connectivity index (χ4v) is 2.83. The first-order chi connectivity index (χ1) is 9.41. The van der Waals surface area contributed by atoms with E-state index in [-0.39, 0.29) is 11.9 Å². The van der Waals surface area contributed by atoms with Crippen molar-refractivity contribution < 1.29 is 9.53 Å². The Morgan fingerprint density at radius 2 is 1.90 bits per heavy atom. The molecule has 0 aromatic heterocycles. The van der Waals surface area contributed by atoms with E-state index in [1.54, 1.807) is 0 Å². The van der Waals surface area contributed by atoms with E-state index in [1.165, 1.54) is 5.56 Å². The molecule has 0 amide bonds. The molecule has 0 N–H and O–H groups in total. The van der Waals surface area contributed by atoms with Crippen LogP contribution >= 0.6 is 0 Å². The van der Waals surface area contributed by atoms with Crippen molar-refractivity contribution in [2.24, 2.45) is 5.92 Å². The lowest BCUT2D eigenvalue weighted by Gasteiger charge is -2.19. The van der Waals surface area contributed by atoms with E-state index in [2.05, 4.69) is 46.8 Å². The van der Waals surface area contributed by atoms with Crippen LogP contribution in [-0.4, -0.2) is 18.5 Å². The summed E-state index contributed by atoms with van der Waals surface area (Å²) in [5.41, 5.74) is 3.30. The minimum atomic E-state index is -0.252. The summed E-state index contributed by atoms with van der Waals surface area (Å²) >= 11 is 0. The Bertz CT molecular complexity index is 488. The third-order valence-electron chi connectivity index (χ3n) is 4.28. The zero-order chi connectivity index (χ0) is 14.9. The van der Waals surface area contributed by atoms with Crippen molar-refractivity contribution in [3.8, 4) is 0 Å². The van der Waals surface area contributed by atoms with Gasteiger partial charge in [-0.1, -0.05) is 52.8 Å². The summed E-state index contributed by atoms with van der Waals surface area (Å²) in [7, 11) is 0. The van der Waals surface area contributed by atoms with Crippen LogP contribution < -0.4 is 0 Å². The van der Waals surface area contributed by atoms with Crippen LogP contribution in [0.15, 0.2) is 18.2 Å². The maximum atomic E-state index is 12.7. The SMILES string of the molecule is CC(C)c1ccc(C(=O)C2OCCC2C)c(C(C)C)c1. The number of carbonyl (C=O) groups excluding carboxylic acids is 1. The van der Waals surface area contributed by atoms with Crippen LogP contribution in [0.5, 0.6) is 0 Å². The van der Waals surface area contributed by atoms with Gasteiger partial charge in [0, 0.05) is 12.2 Å². The molecule has 1 aromatic carbocycles. The Kier molecular flexibility index (Phi) is 4.64. The van der Waals surface area contributed by atoms with Gasteiger partial charge in [0.1, 0.15) is 6.10 Å². The Morgan fingerprint density at radius 1 is 1.20 bits per heavy atom. The van der Waals surface area contributed by atoms with Crippen molar-refractivity contribution in [3.05, 3.63) is 34.9 Å². The highest BCUT2D eigenvalue weighted by molar-refractivity contribution is 6.01. The number of ketones is 1. The number of hydrogen-bond donors (Lipinski definition) is 0. The summed E-state index contributed by atoms with van der Waals surface area (Å²) in [6, 6.07) is 6.28. The molecule has 0 bridgehead atoms. The van der Waals surface area contributed by atoms with Gasteiger partial charge in [-0.05, 0) is 35.3 Å². The first-order valence-corrected chi connectivity index (χ1v) is 7.71. The standard InChI is InChI=1S/C18H26O2/c1-11(2)14-6-7-15(16(10-14)12(3)4)17(19)18-13(5)8-9-20-18/h6-7,10-13,18H,8-9H2,1-5H3. The van der Waals surface area contributed by atoms with Gasteiger partial charge in [-0.25, -0.2) is 0 Å². The fourth-order valence-electron chi connectivity index (χ4n) is 2.83. The molecule has 1 saturated heterocycles. The molecule has 0 radical (unpaired) electrons. The van der Waals surface area contributed by atoms with Crippen molar-refractivity contribution >= 4 is 5.78 Å². The van der Waals surface area contributed by atoms with Crippen molar-refractivity contribution in [2.75, 3.05) is 6.61 Å². The van der Waals surface area contributed by atoms with Gasteiger partial charge in [0.15, 0.2) is 5.78 Å². The largest absolute Gasteiger partial charge is 0.370 e. The van der Waals surface area contributed by atoms with Crippen LogP contribution in [0.2, 0.25) is 0 Å². The van der Waals surface area contributed by atoms with Crippen LogP contribution in [-0.2, 0) is 4.74 Å². The molecule has 2 heteroatoms. The Morgan fingerprint density at radius 3 is 2.40 bits per heavy atom.